The maximum absolute atomic E-state index is 11.8. The van der Waals surface area contributed by atoms with Gasteiger partial charge in [0.05, 0.1) is 18.6 Å². The number of hydrogen-bond donors (Lipinski definition) is 2. The summed E-state index contributed by atoms with van der Waals surface area (Å²) in [5, 5.41) is 2.99. The summed E-state index contributed by atoms with van der Waals surface area (Å²) in [5.74, 6) is 0.120. The van der Waals surface area contributed by atoms with Gasteiger partial charge in [0.1, 0.15) is 0 Å². The molecule has 0 bridgehead atoms. The fourth-order valence-corrected chi connectivity index (χ4v) is 1.92. The molecule has 3 atom stereocenters. The fraction of sp³-hybridized carbons (Fsp3) is 0.909. The van der Waals surface area contributed by atoms with E-state index in [0.29, 0.717) is 13.2 Å². The van der Waals surface area contributed by atoms with Gasteiger partial charge in [0.2, 0.25) is 5.91 Å². The van der Waals surface area contributed by atoms with E-state index in [0.717, 1.165) is 19.3 Å². The lowest BCUT2D eigenvalue weighted by molar-refractivity contribution is -0.125. The van der Waals surface area contributed by atoms with Gasteiger partial charge in [-0.05, 0) is 19.8 Å². The Labute approximate surface area is 91.5 Å². The van der Waals surface area contributed by atoms with E-state index in [2.05, 4.69) is 12.2 Å². The maximum Gasteiger partial charge on any atom is 0.225 e. The molecule has 0 aliphatic carbocycles. The molecule has 88 valence electrons. The third-order valence-electron chi connectivity index (χ3n) is 2.84. The standard InChI is InChI=1S/C11H22N2O2/c1-3-4-10(6-12)13-11(14)9-5-8(2)15-7-9/h8-10H,3-7,12H2,1-2H3,(H,13,14). The first kappa shape index (κ1) is 12.5. The average molecular weight is 214 g/mol. The molecular formula is C11H22N2O2. The van der Waals surface area contributed by atoms with Crippen LogP contribution in [0.4, 0.5) is 0 Å². The molecule has 1 fully saturated rings. The lowest BCUT2D eigenvalue weighted by atomic mass is 10.0. The highest BCUT2D eigenvalue weighted by Gasteiger charge is 2.28. The third-order valence-corrected chi connectivity index (χ3v) is 2.84. The van der Waals surface area contributed by atoms with Crippen molar-refractivity contribution < 1.29 is 9.53 Å². The molecule has 0 aromatic carbocycles. The van der Waals surface area contributed by atoms with E-state index in [4.69, 9.17) is 10.5 Å². The third kappa shape index (κ3) is 3.80. The molecule has 0 spiro atoms. The second kappa shape index (κ2) is 6.08. The van der Waals surface area contributed by atoms with Crippen molar-refractivity contribution in [1.82, 2.24) is 5.32 Å². The van der Waals surface area contributed by atoms with E-state index in [1.807, 2.05) is 6.92 Å². The first-order valence-electron chi connectivity index (χ1n) is 5.79. The van der Waals surface area contributed by atoms with E-state index < -0.39 is 0 Å². The number of nitrogens with one attached hydrogen (secondary N) is 1. The average Bonchev–Trinajstić information content (AvgIpc) is 2.64. The highest BCUT2D eigenvalue weighted by molar-refractivity contribution is 5.79. The Morgan fingerprint density at radius 1 is 1.67 bits per heavy atom. The van der Waals surface area contributed by atoms with E-state index in [1.165, 1.54) is 0 Å². The summed E-state index contributed by atoms with van der Waals surface area (Å²) in [7, 11) is 0. The minimum atomic E-state index is 0.0194. The van der Waals surface area contributed by atoms with Crippen molar-refractivity contribution in [1.29, 1.82) is 0 Å². The molecule has 3 N–H and O–H groups in total. The Hall–Kier alpha value is -0.610. The van der Waals surface area contributed by atoms with Crippen LogP contribution in [0, 0.1) is 5.92 Å². The largest absolute Gasteiger partial charge is 0.378 e. The molecular weight excluding hydrogens is 192 g/mol. The minimum absolute atomic E-state index is 0.0194. The maximum atomic E-state index is 11.8. The molecule has 4 heteroatoms. The number of carbonyl (C=O) groups excluding carboxylic acids is 1. The lowest BCUT2D eigenvalue weighted by Gasteiger charge is -2.18. The van der Waals surface area contributed by atoms with Gasteiger partial charge in [-0.2, -0.15) is 0 Å². The summed E-state index contributed by atoms with van der Waals surface area (Å²) in [6.45, 7) is 5.16. The Kier molecular flexibility index (Phi) is 5.05. The van der Waals surface area contributed by atoms with Crippen molar-refractivity contribution in [3.63, 3.8) is 0 Å². The van der Waals surface area contributed by atoms with Gasteiger partial charge >= 0.3 is 0 Å². The normalized spacial score (nSPS) is 27.7. The van der Waals surface area contributed by atoms with Gasteiger partial charge in [0.25, 0.3) is 0 Å². The Morgan fingerprint density at radius 3 is 2.87 bits per heavy atom. The summed E-state index contributed by atoms with van der Waals surface area (Å²) in [6.07, 6.45) is 3.03. The topological polar surface area (TPSA) is 64.3 Å². The van der Waals surface area contributed by atoms with E-state index >= 15 is 0 Å². The Balaban J connectivity index is 2.33. The van der Waals surface area contributed by atoms with E-state index in [9.17, 15) is 4.79 Å². The molecule has 15 heavy (non-hydrogen) atoms. The molecule has 4 nitrogen and oxygen atoms in total. The summed E-state index contributed by atoms with van der Waals surface area (Å²) in [6, 6.07) is 0.124. The number of ether oxygens (including phenoxy) is 1. The molecule has 0 aromatic rings. The predicted molar refractivity (Wildman–Crippen MR) is 59.4 cm³/mol. The van der Waals surface area contributed by atoms with Crippen LogP contribution in [-0.2, 0) is 9.53 Å². The highest BCUT2D eigenvalue weighted by atomic mass is 16.5. The van der Waals surface area contributed by atoms with Crippen LogP contribution < -0.4 is 11.1 Å². The molecule has 1 rings (SSSR count). The van der Waals surface area contributed by atoms with E-state index in [-0.39, 0.29) is 24.0 Å². The SMILES string of the molecule is CCCC(CN)NC(=O)C1COC(C)C1. The van der Waals surface area contributed by atoms with Crippen LogP contribution in [0.2, 0.25) is 0 Å². The van der Waals surface area contributed by atoms with Crippen molar-refractivity contribution >= 4 is 5.91 Å². The monoisotopic (exact) mass is 214 g/mol. The fourth-order valence-electron chi connectivity index (χ4n) is 1.92. The van der Waals surface area contributed by atoms with Crippen LogP contribution in [-0.4, -0.2) is 31.2 Å². The lowest BCUT2D eigenvalue weighted by Crippen LogP contribution is -2.43. The predicted octanol–water partition coefficient (Wildman–Crippen LogP) is 0.655. The number of carbonyl (C=O) groups is 1. The molecule has 1 aliphatic heterocycles. The van der Waals surface area contributed by atoms with Gasteiger partial charge in [0.15, 0.2) is 0 Å². The first-order chi connectivity index (χ1) is 7.17. The van der Waals surface area contributed by atoms with Crippen molar-refractivity contribution in [2.24, 2.45) is 11.7 Å². The van der Waals surface area contributed by atoms with Crippen molar-refractivity contribution in [3.8, 4) is 0 Å². The zero-order chi connectivity index (χ0) is 11.3. The van der Waals surface area contributed by atoms with Crippen molar-refractivity contribution in [2.45, 2.75) is 45.3 Å². The Morgan fingerprint density at radius 2 is 2.40 bits per heavy atom. The molecule has 1 saturated heterocycles. The number of amides is 1. The van der Waals surface area contributed by atoms with Gasteiger partial charge in [-0.25, -0.2) is 0 Å². The highest BCUT2D eigenvalue weighted by Crippen LogP contribution is 2.19. The van der Waals surface area contributed by atoms with Crippen LogP contribution in [0.15, 0.2) is 0 Å². The van der Waals surface area contributed by atoms with Gasteiger partial charge < -0.3 is 15.8 Å². The molecule has 1 heterocycles. The van der Waals surface area contributed by atoms with Gasteiger partial charge in [0, 0.05) is 12.6 Å². The van der Waals surface area contributed by atoms with Crippen molar-refractivity contribution in [3.05, 3.63) is 0 Å². The smallest absolute Gasteiger partial charge is 0.225 e. The van der Waals surface area contributed by atoms with Gasteiger partial charge in [-0.1, -0.05) is 13.3 Å². The first-order valence-corrected chi connectivity index (χ1v) is 5.79. The van der Waals surface area contributed by atoms with Crippen LogP contribution in [0.3, 0.4) is 0 Å². The van der Waals surface area contributed by atoms with Crippen LogP contribution >= 0.6 is 0 Å². The van der Waals surface area contributed by atoms with Crippen LogP contribution in [0.5, 0.6) is 0 Å². The summed E-state index contributed by atoms with van der Waals surface area (Å²) < 4.78 is 5.37. The van der Waals surface area contributed by atoms with Crippen molar-refractivity contribution in [2.75, 3.05) is 13.2 Å². The second-order valence-electron chi connectivity index (χ2n) is 4.31. The zero-order valence-corrected chi connectivity index (χ0v) is 9.66. The summed E-state index contributed by atoms with van der Waals surface area (Å²) in [4.78, 5) is 11.8. The summed E-state index contributed by atoms with van der Waals surface area (Å²) >= 11 is 0. The van der Waals surface area contributed by atoms with Crippen LogP contribution in [0.25, 0.3) is 0 Å². The van der Waals surface area contributed by atoms with Gasteiger partial charge in [-0.15, -0.1) is 0 Å². The molecule has 1 aliphatic rings. The molecule has 0 aromatic heterocycles. The van der Waals surface area contributed by atoms with Gasteiger partial charge in [-0.3, -0.25) is 4.79 Å². The molecule has 3 unspecified atom stereocenters. The number of nitrogens with two attached hydrogens (primary N) is 1. The van der Waals surface area contributed by atoms with Crippen LogP contribution in [0.1, 0.15) is 33.1 Å². The quantitative estimate of drug-likeness (QED) is 0.706. The minimum Gasteiger partial charge on any atom is -0.378 e. The summed E-state index contributed by atoms with van der Waals surface area (Å²) in [5.41, 5.74) is 5.59. The number of hydrogen-bond acceptors (Lipinski definition) is 3. The zero-order valence-electron chi connectivity index (χ0n) is 9.66. The second-order valence-corrected chi connectivity index (χ2v) is 4.31. The number of rotatable bonds is 5. The van der Waals surface area contributed by atoms with E-state index in [1.54, 1.807) is 0 Å². The Bertz CT molecular complexity index is 209. The molecule has 0 radical (unpaired) electrons. The molecule has 1 amide bonds. The molecule has 0 saturated carbocycles.